The average Bonchev–Trinajstić information content (AvgIpc) is 2.49. The average molecular weight is 240 g/mol. The van der Waals surface area contributed by atoms with E-state index in [1.807, 2.05) is 0 Å². The van der Waals surface area contributed by atoms with Gasteiger partial charge in [-0.15, -0.1) is 24.8 Å². The van der Waals surface area contributed by atoms with Crippen LogP contribution in [0.25, 0.3) is 0 Å². The maximum absolute atomic E-state index is 10.7. The molecule has 1 atom stereocenters. The van der Waals surface area contributed by atoms with Crippen LogP contribution in [0.5, 0.6) is 0 Å². The molecule has 2 rings (SSSR count). The van der Waals surface area contributed by atoms with Gasteiger partial charge in [-0.2, -0.15) is 0 Å². The van der Waals surface area contributed by atoms with Crippen LogP contribution in [-0.4, -0.2) is 27.6 Å². The quantitative estimate of drug-likeness (QED) is 0.668. The van der Waals surface area contributed by atoms with E-state index >= 15 is 0 Å². The highest BCUT2D eigenvalue weighted by Crippen LogP contribution is 2.18. The van der Waals surface area contributed by atoms with E-state index in [0.717, 1.165) is 12.1 Å². The minimum Gasteiger partial charge on any atom is -0.480 e. The molecule has 0 saturated heterocycles. The molecule has 1 unspecified atom stereocenters. The zero-order valence-electron chi connectivity index (χ0n) is 7.19. The zero-order valence-corrected chi connectivity index (χ0v) is 8.82. The summed E-state index contributed by atoms with van der Waals surface area (Å²) >= 11 is 0. The van der Waals surface area contributed by atoms with Gasteiger partial charge in [0.2, 0.25) is 0 Å². The summed E-state index contributed by atoms with van der Waals surface area (Å²) in [6, 6.07) is -0.639. The maximum atomic E-state index is 10.7. The van der Waals surface area contributed by atoms with Gasteiger partial charge in [-0.3, -0.25) is 10.1 Å². The van der Waals surface area contributed by atoms with Crippen molar-refractivity contribution in [2.45, 2.75) is 12.5 Å². The summed E-state index contributed by atoms with van der Waals surface area (Å²) in [5.74, 6) is -0.872. The van der Waals surface area contributed by atoms with Gasteiger partial charge in [0.05, 0.1) is 12.0 Å². The number of imidazole rings is 1. The standard InChI is InChI=1S/C7H9N3O2.2ClH/c11-7(12)6-5-4(1-2-8-6)9-3-10-5;;/h3,6,8H,1-2H2,(H,9,10)(H,11,12);2*1H. The van der Waals surface area contributed by atoms with Gasteiger partial charge < -0.3 is 10.1 Å². The van der Waals surface area contributed by atoms with Crippen molar-refractivity contribution in [1.29, 1.82) is 0 Å². The summed E-state index contributed by atoms with van der Waals surface area (Å²) in [5, 5.41) is 11.7. The second-order valence-corrected chi connectivity index (χ2v) is 2.74. The Hall–Kier alpha value is -0.780. The first-order chi connectivity index (χ1) is 5.79. The molecule has 0 spiro atoms. The smallest absolute Gasteiger partial charge is 0.327 e. The molecule has 0 aliphatic carbocycles. The van der Waals surface area contributed by atoms with Crippen molar-refractivity contribution in [2.75, 3.05) is 6.54 Å². The van der Waals surface area contributed by atoms with Crippen LogP contribution in [-0.2, 0) is 11.2 Å². The third-order valence-electron chi connectivity index (χ3n) is 2.00. The van der Waals surface area contributed by atoms with Gasteiger partial charge in [0.25, 0.3) is 0 Å². The van der Waals surface area contributed by atoms with Crippen molar-refractivity contribution in [3.63, 3.8) is 0 Å². The molecule has 7 heteroatoms. The normalized spacial score (nSPS) is 18.7. The lowest BCUT2D eigenvalue weighted by Gasteiger charge is -2.18. The number of hydrogen-bond donors (Lipinski definition) is 3. The number of halogens is 2. The minimum absolute atomic E-state index is 0. The van der Waals surface area contributed by atoms with Crippen LogP contribution in [0, 0.1) is 0 Å². The van der Waals surface area contributed by atoms with Crippen LogP contribution in [0.4, 0.5) is 0 Å². The van der Waals surface area contributed by atoms with Crippen LogP contribution in [0.3, 0.4) is 0 Å². The van der Waals surface area contributed by atoms with Gasteiger partial charge in [-0.1, -0.05) is 0 Å². The van der Waals surface area contributed by atoms with Gasteiger partial charge in [0, 0.05) is 18.7 Å². The number of hydrogen-bond acceptors (Lipinski definition) is 3. The Morgan fingerprint density at radius 2 is 2.29 bits per heavy atom. The number of nitrogens with zero attached hydrogens (tertiary/aromatic N) is 1. The summed E-state index contributed by atoms with van der Waals surface area (Å²) in [6.45, 7) is 0.687. The molecule has 1 aliphatic rings. The third kappa shape index (κ3) is 2.17. The topological polar surface area (TPSA) is 78.0 Å². The molecular weight excluding hydrogens is 229 g/mol. The molecule has 0 aromatic carbocycles. The van der Waals surface area contributed by atoms with Crippen molar-refractivity contribution >= 4 is 30.8 Å². The van der Waals surface area contributed by atoms with Gasteiger partial charge in [-0.25, -0.2) is 4.98 Å². The van der Waals surface area contributed by atoms with Gasteiger partial charge in [-0.05, 0) is 0 Å². The van der Waals surface area contributed by atoms with E-state index in [-0.39, 0.29) is 24.8 Å². The predicted molar refractivity (Wildman–Crippen MR) is 55.2 cm³/mol. The monoisotopic (exact) mass is 239 g/mol. The van der Waals surface area contributed by atoms with Crippen LogP contribution in [0.1, 0.15) is 17.4 Å². The first-order valence-electron chi connectivity index (χ1n) is 3.77. The lowest BCUT2D eigenvalue weighted by atomic mass is 10.1. The number of H-pyrrole nitrogens is 1. The number of fused-ring (bicyclic) bond motifs is 1. The third-order valence-corrected chi connectivity index (χ3v) is 2.00. The molecule has 0 saturated carbocycles. The lowest BCUT2D eigenvalue weighted by molar-refractivity contribution is -0.139. The largest absolute Gasteiger partial charge is 0.480 e. The molecule has 0 bridgehead atoms. The van der Waals surface area contributed by atoms with E-state index in [1.54, 1.807) is 0 Å². The molecule has 0 fully saturated rings. The van der Waals surface area contributed by atoms with Crippen molar-refractivity contribution < 1.29 is 9.90 Å². The van der Waals surface area contributed by atoms with E-state index in [0.29, 0.717) is 12.2 Å². The number of carbonyl (C=O) groups is 1. The Labute approximate surface area is 93.1 Å². The van der Waals surface area contributed by atoms with E-state index in [2.05, 4.69) is 15.3 Å². The van der Waals surface area contributed by atoms with Gasteiger partial charge in [0.1, 0.15) is 0 Å². The van der Waals surface area contributed by atoms with Crippen LogP contribution < -0.4 is 5.32 Å². The number of carboxylic acids is 1. The molecule has 0 radical (unpaired) electrons. The predicted octanol–water partition coefficient (Wildman–Crippen LogP) is 0.525. The highest BCUT2D eigenvalue weighted by Gasteiger charge is 2.27. The van der Waals surface area contributed by atoms with Gasteiger partial charge in [0.15, 0.2) is 6.04 Å². The molecule has 0 amide bonds. The molecule has 5 nitrogen and oxygen atoms in total. The molecule has 3 N–H and O–H groups in total. The highest BCUT2D eigenvalue weighted by atomic mass is 35.5. The van der Waals surface area contributed by atoms with Crippen LogP contribution in [0.2, 0.25) is 0 Å². The zero-order chi connectivity index (χ0) is 8.55. The van der Waals surface area contributed by atoms with Crippen LogP contribution >= 0.6 is 24.8 Å². The maximum Gasteiger partial charge on any atom is 0.327 e. The molecule has 1 aromatic rings. The SMILES string of the molecule is Cl.Cl.O=C(O)C1NCCc2[nH]cnc21. The fourth-order valence-corrected chi connectivity index (χ4v) is 1.42. The van der Waals surface area contributed by atoms with E-state index in [4.69, 9.17) is 5.11 Å². The van der Waals surface area contributed by atoms with Crippen LogP contribution in [0.15, 0.2) is 6.33 Å². The molecule has 80 valence electrons. The highest BCUT2D eigenvalue weighted by molar-refractivity contribution is 5.85. The lowest BCUT2D eigenvalue weighted by Crippen LogP contribution is -2.35. The number of aliphatic carboxylic acids is 1. The summed E-state index contributed by atoms with van der Waals surface area (Å²) < 4.78 is 0. The summed E-state index contributed by atoms with van der Waals surface area (Å²) in [6.07, 6.45) is 2.35. The van der Waals surface area contributed by atoms with Crippen molar-refractivity contribution in [1.82, 2.24) is 15.3 Å². The number of rotatable bonds is 1. The van der Waals surface area contributed by atoms with Crippen molar-refractivity contribution in [3.05, 3.63) is 17.7 Å². The fraction of sp³-hybridized carbons (Fsp3) is 0.429. The first kappa shape index (κ1) is 13.2. The molecular formula is C7H11Cl2N3O2. The Kier molecular flexibility index (Phi) is 4.90. The summed E-state index contributed by atoms with van der Waals surface area (Å²) in [4.78, 5) is 17.6. The second kappa shape index (κ2) is 5.19. The number of carboxylic acid groups (broad SMARTS) is 1. The molecule has 1 aromatic heterocycles. The number of aromatic nitrogens is 2. The van der Waals surface area contributed by atoms with Crippen molar-refractivity contribution in [3.8, 4) is 0 Å². The Morgan fingerprint density at radius 1 is 1.57 bits per heavy atom. The molecule has 1 aliphatic heterocycles. The Morgan fingerprint density at radius 3 is 2.93 bits per heavy atom. The number of nitrogens with one attached hydrogen (secondary N) is 2. The number of aromatic amines is 1. The molecule has 14 heavy (non-hydrogen) atoms. The van der Waals surface area contributed by atoms with E-state index in [9.17, 15) is 4.79 Å². The fourth-order valence-electron chi connectivity index (χ4n) is 1.42. The minimum atomic E-state index is -0.872. The van der Waals surface area contributed by atoms with Gasteiger partial charge >= 0.3 is 5.97 Å². The Balaban J connectivity index is 0.000000845. The molecule has 2 heterocycles. The van der Waals surface area contributed by atoms with E-state index < -0.39 is 12.0 Å². The van der Waals surface area contributed by atoms with E-state index in [1.165, 1.54) is 6.33 Å². The first-order valence-corrected chi connectivity index (χ1v) is 3.77. The Bertz CT molecular complexity index is 316. The summed E-state index contributed by atoms with van der Waals surface area (Å²) in [5.41, 5.74) is 1.55. The second-order valence-electron chi connectivity index (χ2n) is 2.74. The van der Waals surface area contributed by atoms with Crippen molar-refractivity contribution in [2.24, 2.45) is 0 Å². The summed E-state index contributed by atoms with van der Waals surface area (Å²) in [7, 11) is 0.